The lowest BCUT2D eigenvalue weighted by Crippen LogP contribution is -1.98. The monoisotopic (exact) mass is 354 g/mol. The van der Waals surface area contributed by atoms with Crippen molar-refractivity contribution in [3.63, 3.8) is 0 Å². The van der Waals surface area contributed by atoms with Crippen LogP contribution in [0.1, 0.15) is 0 Å². The molecule has 0 radical (unpaired) electrons. The van der Waals surface area contributed by atoms with Gasteiger partial charge in [0, 0.05) is 16.8 Å². The lowest BCUT2D eigenvalue weighted by molar-refractivity contribution is 1.04. The van der Waals surface area contributed by atoms with Gasteiger partial charge in [-0.15, -0.1) is 0 Å². The highest BCUT2D eigenvalue weighted by atomic mass is 35.5. The lowest BCUT2D eigenvalue weighted by Gasteiger charge is -2.11. The topological polar surface area (TPSA) is 20.7 Å². The Morgan fingerprint density at radius 1 is 0.952 bits per heavy atom. The van der Waals surface area contributed by atoms with Crippen LogP contribution >= 0.6 is 47.0 Å². The second-order valence-corrected chi connectivity index (χ2v) is 6.00. The summed E-state index contributed by atoms with van der Waals surface area (Å²) in [6.07, 6.45) is 1.84. The van der Waals surface area contributed by atoms with Gasteiger partial charge in [0.2, 0.25) is 0 Å². The molecule has 2 nitrogen and oxygen atoms in total. The molecule has 1 heterocycles. The van der Waals surface area contributed by atoms with E-state index in [0.717, 1.165) is 16.9 Å². The molecule has 0 spiro atoms. The Balaban J connectivity index is 2.25. The Morgan fingerprint density at radius 2 is 1.67 bits per heavy atom. The van der Waals surface area contributed by atoms with Gasteiger partial charge in [0.25, 0.3) is 0 Å². The number of imidazole rings is 1. The van der Waals surface area contributed by atoms with Gasteiger partial charge >= 0.3 is 0 Å². The molecular weight excluding hydrogens is 347 g/mol. The highest BCUT2D eigenvalue weighted by Gasteiger charge is 2.13. The number of H-pyrrole nitrogens is 1. The van der Waals surface area contributed by atoms with Crippen LogP contribution < -0.4 is 0 Å². The third-order valence-corrected chi connectivity index (χ3v) is 4.45. The first-order chi connectivity index (χ1) is 10.1. The Hall–Kier alpha value is -1.26. The van der Waals surface area contributed by atoms with Crippen LogP contribution in [0.2, 0.25) is 15.1 Å². The average molecular weight is 356 g/mol. The standard InChI is InChI=1S/C15H9Cl3N2S/c16-10-6-4-9(5-7-10)13-8-19-15(21)20(13)12-3-1-2-11(17)14(12)18/h1-8H,(H,19,21). The smallest absolute Gasteiger partial charge is 0.182 e. The van der Waals surface area contributed by atoms with Crippen molar-refractivity contribution >= 4 is 47.0 Å². The van der Waals surface area contributed by atoms with Crippen LogP contribution in [0.4, 0.5) is 0 Å². The normalized spacial score (nSPS) is 10.8. The molecular formula is C15H9Cl3N2S. The quantitative estimate of drug-likeness (QED) is 0.546. The van der Waals surface area contributed by atoms with Crippen molar-refractivity contribution in [3.8, 4) is 16.9 Å². The van der Waals surface area contributed by atoms with Crippen molar-refractivity contribution in [1.82, 2.24) is 9.55 Å². The Labute approximate surface area is 141 Å². The van der Waals surface area contributed by atoms with E-state index in [2.05, 4.69) is 4.98 Å². The molecule has 0 aliphatic heterocycles. The first-order valence-electron chi connectivity index (χ1n) is 6.08. The molecule has 0 saturated heterocycles. The van der Waals surface area contributed by atoms with E-state index in [9.17, 15) is 0 Å². The molecule has 1 aromatic heterocycles. The number of halogens is 3. The molecule has 1 N–H and O–H groups in total. The molecule has 0 atom stereocenters. The number of nitrogens with zero attached hydrogens (tertiary/aromatic N) is 1. The average Bonchev–Trinajstić information content (AvgIpc) is 2.85. The molecule has 0 saturated carbocycles. The van der Waals surface area contributed by atoms with Gasteiger partial charge in [-0.25, -0.2) is 0 Å². The molecule has 3 rings (SSSR count). The van der Waals surface area contributed by atoms with E-state index in [4.69, 9.17) is 47.0 Å². The van der Waals surface area contributed by atoms with E-state index in [1.54, 1.807) is 6.07 Å². The van der Waals surface area contributed by atoms with E-state index < -0.39 is 0 Å². The minimum Gasteiger partial charge on any atom is -0.336 e. The summed E-state index contributed by atoms with van der Waals surface area (Å²) in [5, 5.41) is 1.63. The predicted molar refractivity (Wildman–Crippen MR) is 91.4 cm³/mol. The molecule has 3 aromatic rings. The first kappa shape index (κ1) is 14.7. The maximum atomic E-state index is 6.31. The molecule has 106 valence electrons. The zero-order valence-corrected chi connectivity index (χ0v) is 13.7. The molecule has 0 fully saturated rings. The number of hydrogen-bond donors (Lipinski definition) is 1. The maximum Gasteiger partial charge on any atom is 0.182 e. The number of aromatic nitrogens is 2. The Kier molecular flexibility index (Phi) is 4.09. The zero-order valence-electron chi connectivity index (χ0n) is 10.6. The third kappa shape index (κ3) is 2.74. The van der Waals surface area contributed by atoms with Crippen LogP contribution in [-0.4, -0.2) is 9.55 Å². The molecule has 2 aromatic carbocycles. The fraction of sp³-hybridized carbons (Fsp3) is 0. The van der Waals surface area contributed by atoms with Crippen LogP contribution in [-0.2, 0) is 0 Å². The molecule has 21 heavy (non-hydrogen) atoms. The SMILES string of the molecule is S=c1[nH]cc(-c2ccc(Cl)cc2)n1-c1cccc(Cl)c1Cl. The van der Waals surface area contributed by atoms with E-state index in [-0.39, 0.29) is 0 Å². The van der Waals surface area contributed by atoms with Gasteiger partial charge in [0.15, 0.2) is 4.77 Å². The van der Waals surface area contributed by atoms with Crippen molar-refractivity contribution in [1.29, 1.82) is 0 Å². The van der Waals surface area contributed by atoms with Crippen LogP contribution in [0, 0.1) is 4.77 Å². The highest BCUT2D eigenvalue weighted by molar-refractivity contribution is 7.71. The number of aromatic amines is 1. The number of hydrogen-bond acceptors (Lipinski definition) is 1. The van der Waals surface area contributed by atoms with Crippen LogP contribution in [0.5, 0.6) is 0 Å². The van der Waals surface area contributed by atoms with Gasteiger partial charge in [0.05, 0.1) is 21.4 Å². The second-order valence-electron chi connectivity index (χ2n) is 4.39. The first-order valence-corrected chi connectivity index (χ1v) is 7.63. The van der Waals surface area contributed by atoms with Crippen LogP contribution in [0.3, 0.4) is 0 Å². The van der Waals surface area contributed by atoms with E-state index in [1.807, 2.05) is 47.2 Å². The van der Waals surface area contributed by atoms with Crippen molar-refractivity contribution in [2.45, 2.75) is 0 Å². The fourth-order valence-electron chi connectivity index (χ4n) is 2.11. The zero-order chi connectivity index (χ0) is 15.0. The van der Waals surface area contributed by atoms with Gasteiger partial charge in [-0.1, -0.05) is 53.0 Å². The summed E-state index contributed by atoms with van der Waals surface area (Å²) in [5.41, 5.74) is 2.60. The molecule has 0 amide bonds. The van der Waals surface area contributed by atoms with Crippen molar-refractivity contribution in [2.75, 3.05) is 0 Å². The molecule has 6 heteroatoms. The van der Waals surface area contributed by atoms with E-state index >= 15 is 0 Å². The molecule has 0 aliphatic rings. The van der Waals surface area contributed by atoms with E-state index in [1.165, 1.54) is 0 Å². The van der Waals surface area contributed by atoms with Gasteiger partial charge in [-0.05, 0) is 36.5 Å². The largest absolute Gasteiger partial charge is 0.336 e. The van der Waals surface area contributed by atoms with Gasteiger partial charge in [-0.3, -0.25) is 4.57 Å². The van der Waals surface area contributed by atoms with Gasteiger partial charge in [0.1, 0.15) is 0 Å². The summed E-state index contributed by atoms with van der Waals surface area (Å²) in [6, 6.07) is 13.0. The minimum absolute atomic E-state index is 0.463. The van der Waals surface area contributed by atoms with Gasteiger partial charge in [-0.2, -0.15) is 0 Å². The van der Waals surface area contributed by atoms with Gasteiger partial charge < -0.3 is 4.98 Å². The Bertz CT molecular complexity index is 850. The second kappa shape index (κ2) is 5.85. The van der Waals surface area contributed by atoms with Crippen LogP contribution in [0.25, 0.3) is 16.9 Å². The molecule has 0 unspecified atom stereocenters. The lowest BCUT2D eigenvalue weighted by atomic mass is 10.1. The predicted octanol–water partition coefficient (Wildman–Crippen LogP) is 6.16. The van der Waals surface area contributed by atoms with Crippen molar-refractivity contribution in [3.05, 3.63) is 68.5 Å². The summed E-state index contributed by atoms with van der Waals surface area (Å²) < 4.78 is 2.40. The number of rotatable bonds is 2. The highest BCUT2D eigenvalue weighted by Crippen LogP contribution is 2.32. The maximum absolute atomic E-state index is 6.31. The number of nitrogens with one attached hydrogen (secondary N) is 1. The fourth-order valence-corrected chi connectivity index (χ4v) is 2.87. The minimum atomic E-state index is 0.463. The summed E-state index contributed by atoms with van der Waals surface area (Å²) >= 11 is 23.7. The summed E-state index contributed by atoms with van der Waals surface area (Å²) in [6.45, 7) is 0. The Morgan fingerprint density at radius 3 is 2.38 bits per heavy atom. The van der Waals surface area contributed by atoms with E-state index in [0.29, 0.717) is 19.8 Å². The third-order valence-electron chi connectivity index (χ3n) is 3.09. The summed E-state index contributed by atoms with van der Waals surface area (Å²) in [5.74, 6) is 0. The van der Waals surface area contributed by atoms with Crippen molar-refractivity contribution in [2.24, 2.45) is 0 Å². The summed E-state index contributed by atoms with van der Waals surface area (Å²) in [4.78, 5) is 3.04. The molecule has 0 bridgehead atoms. The van der Waals surface area contributed by atoms with Crippen molar-refractivity contribution < 1.29 is 0 Å². The number of benzene rings is 2. The van der Waals surface area contributed by atoms with Crippen LogP contribution in [0.15, 0.2) is 48.7 Å². The molecule has 0 aliphatic carbocycles. The summed E-state index contributed by atoms with van der Waals surface area (Å²) in [7, 11) is 0.